The molecule has 0 unspecified atom stereocenters. The second-order valence-corrected chi connectivity index (χ2v) is 8.69. The van der Waals surface area contributed by atoms with E-state index >= 15 is 0 Å². The minimum absolute atomic E-state index is 0.0452. The number of piperidine rings is 1. The Morgan fingerprint density at radius 2 is 1.64 bits per heavy atom. The Balaban J connectivity index is 1.09. The summed E-state index contributed by atoms with van der Waals surface area (Å²) < 4.78 is 19.5. The Labute approximate surface area is 192 Å². The molecule has 2 saturated heterocycles. The molecule has 7 nitrogen and oxygen atoms in total. The summed E-state index contributed by atoms with van der Waals surface area (Å²) in [6, 6.07) is 16.6. The highest BCUT2D eigenvalue weighted by Crippen LogP contribution is 2.24. The molecule has 1 amide bonds. The second-order valence-electron chi connectivity index (χ2n) is 8.69. The summed E-state index contributed by atoms with van der Waals surface area (Å²) in [4.78, 5) is 23.8. The Hall–Kier alpha value is -3.26. The second kappa shape index (κ2) is 9.70. The first kappa shape index (κ1) is 21.6. The van der Waals surface area contributed by atoms with Crippen molar-refractivity contribution in [1.29, 1.82) is 0 Å². The molecule has 8 heteroatoms. The minimum atomic E-state index is -0.207. The van der Waals surface area contributed by atoms with Gasteiger partial charge in [-0.25, -0.2) is 4.39 Å². The first-order valence-corrected chi connectivity index (χ1v) is 11.6. The average Bonchev–Trinajstić information content (AvgIpc) is 3.34. The molecule has 5 rings (SSSR count). The molecule has 0 aliphatic carbocycles. The van der Waals surface area contributed by atoms with Crippen molar-refractivity contribution in [2.75, 3.05) is 44.2 Å². The molecule has 172 valence electrons. The van der Waals surface area contributed by atoms with Gasteiger partial charge >= 0.3 is 0 Å². The average molecular weight is 450 g/mol. The van der Waals surface area contributed by atoms with Gasteiger partial charge in [-0.2, -0.15) is 4.98 Å². The van der Waals surface area contributed by atoms with Crippen LogP contribution in [0.2, 0.25) is 0 Å². The lowest BCUT2D eigenvalue weighted by Crippen LogP contribution is -2.51. The summed E-state index contributed by atoms with van der Waals surface area (Å²) in [5, 5.41) is 4.09. The van der Waals surface area contributed by atoms with Crippen molar-refractivity contribution in [3.63, 3.8) is 0 Å². The van der Waals surface area contributed by atoms with E-state index in [9.17, 15) is 9.18 Å². The number of para-hydroxylation sites is 1. The third-order valence-electron chi connectivity index (χ3n) is 6.58. The van der Waals surface area contributed by atoms with E-state index in [2.05, 4.69) is 15.0 Å². The Morgan fingerprint density at radius 1 is 0.939 bits per heavy atom. The summed E-state index contributed by atoms with van der Waals surface area (Å²) in [6.45, 7) is 4.85. The van der Waals surface area contributed by atoms with E-state index in [1.165, 1.54) is 6.07 Å². The number of rotatable bonds is 5. The lowest BCUT2D eigenvalue weighted by molar-refractivity contribution is -0.137. The van der Waals surface area contributed by atoms with Crippen LogP contribution >= 0.6 is 0 Å². The number of hydrogen-bond donors (Lipinski definition) is 0. The third kappa shape index (κ3) is 4.90. The molecule has 2 aliphatic heterocycles. The van der Waals surface area contributed by atoms with Crippen molar-refractivity contribution in [3.8, 4) is 11.4 Å². The molecular formula is C25H28FN5O2. The van der Waals surface area contributed by atoms with Gasteiger partial charge in [0, 0.05) is 37.7 Å². The van der Waals surface area contributed by atoms with Crippen LogP contribution in [0.15, 0.2) is 59.1 Å². The molecule has 2 fully saturated rings. The lowest BCUT2D eigenvalue weighted by Gasteiger charge is -2.39. The maximum absolute atomic E-state index is 14.1. The molecule has 2 aromatic carbocycles. The number of anilines is 1. The van der Waals surface area contributed by atoms with Crippen LogP contribution in [0.3, 0.4) is 0 Å². The molecule has 2 aliphatic rings. The molecule has 0 atom stereocenters. The standard InChI is InChI=1S/C25H28FN5O2/c26-21-8-4-5-9-22(21)30-14-16-31(17-15-30)25(32)20-10-12-29(13-11-20)18-23-27-24(28-33-23)19-6-2-1-3-7-19/h1-9,20H,10-18H2. The summed E-state index contributed by atoms with van der Waals surface area (Å²) in [5.41, 5.74) is 1.56. The molecule has 33 heavy (non-hydrogen) atoms. The zero-order valence-corrected chi connectivity index (χ0v) is 18.6. The van der Waals surface area contributed by atoms with Crippen LogP contribution < -0.4 is 4.90 Å². The summed E-state index contributed by atoms with van der Waals surface area (Å²) in [6.07, 6.45) is 1.65. The van der Waals surface area contributed by atoms with E-state index < -0.39 is 0 Å². The Morgan fingerprint density at radius 3 is 2.36 bits per heavy atom. The molecule has 0 N–H and O–H groups in total. The first-order chi connectivity index (χ1) is 16.2. The number of carbonyl (C=O) groups excluding carboxylic acids is 1. The van der Waals surface area contributed by atoms with Crippen LogP contribution in [0.1, 0.15) is 18.7 Å². The number of likely N-dealkylation sites (tertiary alicyclic amines) is 1. The number of piperazine rings is 1. The van der Waals surface area contributed by atoms with E-state index in [1.54, 1.807) is 12.1 Å². The van der Waals surface area contributed by atoms with Gasteiger partial charge in [0.1, 0.15) is 5.82 Å². The number of amides is 1. The minimum Gasteiger partial charge on any atom is -0.366 e. The molecule has 1 aromatic heterocycles. The quantitative estimate of drug-likeness (QED) is 0.595. The van der Waals surface area contributed by atoms with Gasteiger partial charge in [-0.15, -0.1) is 0 Å². The summed E-state index contributed by atoms with van der Waals surface area (Å²) >= 11 is 0. The summed E-state index contributed by atoms with van der Waals surface area (Å²) in [7, 11) is 0. The zero-order chi connectivity index (χ0) is 22.6. The highest BCUT2D eigenvalue weighted by Gasteiger charge is 2.31. The smallest absolute Gasteiger partial charge is 0.241 e. The van der Waals surface area contributed by atoms with Crippen molar-refractivity contribution in [1.82, 2.24) is 19.9 Å². The normalized spacial score (nSPS) is 18.0. The number of hydrogen-bond acceptors (Lipinski definition) is 6. The Bertz CT molecular complexity index is 1070. The fraction of sp³-hybridized carbons (Fsp3) is 0.400. The van der Waals surface area contributed by atoms with Gasteiger partial charge in [-0.1, -0.05) is 47.6 Å². The third-order valence-corrected chi connectivity index (χ3v) is 6.58. The van der Waals surface area contributed by atoms with Gasteiger partial charge in [0.05, 0.1) is 12.2 Å². The number of carbonyl (C=O) groups is 1. The van der Waals surface area contributed by atoms with Gasteiger partial charge in [-0.05, 0) is 38.1 Å². The van der Waals surface area contributed by atoms with Gasteiger partial charge in [0.15, 0.2) is 0 Å². The van der Waals surface area contributed by atoms with Crippen molar-refractivity contribution in [2.24, 2.45) is 5.92 Å². The van der Waals surface area contributed by atoms with Crippen molar-refractivity contribution >= 4 is 11.6 Å². The van der Waals surface area contributed by atoms with Crippen LogP contribution in [0.4, 0.5) is 10.1 Å². The topological polar surface area (TPSA) is 65.7 Å². The molecule has 3 heterocycles. The lowest BCUT2D eigenvalue weighted by atomic mass is 9.95. The van der Waals surface area contributed by atoms with Crippen LogP contribution in [-0.4, -0.2) is 65.1 Å². The van der Waals surface area contributed by atoms with E-state index in [4.69, 9.17) is 4.52 Å². The van der Waals surface area contributed by atoms with Gasteiger partial charge in [-0.3, -0.25) is 9.69 Å². The van der Waals surface area contributed by atoms with Gasteiger partial charge in [0.25, 0.3) is 0 Å². The van der Waals surface area contributed by atoms with E-state index in [-0.39, 0.29) is 17.6 Å². The van der Waals surface area contributed by atoms with Crippen molar-refractivity contribution in [2.45, 2.75) is 19.4 Å². The molecule has 3 aromatic rings. The molecule has 0 radical (unpaired) electrons. The maximum Gasteiger partial charge on any atom is 0.241 e. The largest absolute Gasteiger partial charge is 0.366 e. The molecule has 0 bridgehead atoms. The number of aromatic nitrogens is 2. The van der Waals surface area contributed by atoms with E-state index in [1.807, 2.05) is 46.2 Å². The fourth-order valence-electron chi connectivity index (χ4n) is 4.69. The predicted molar refractivity (Wildman–Crippen MR) is 123 cm³/mol. The zero-order valence-electron chi connectivity index (χ0n) is 18.6. The SMILES string of the molecule is O=C(C1CCN(Cc2nc(-c3ccccc3)no2)CC1)N1CCN(c2ccccc2F)CC1. The van der Waals surface area contributed by atoms with Crippen LogP contribution in [0.5, 0.6) is 0 Å². The summed E-state index contributed by atoms with van der Waals surface area (Å²) in [5.74, 6) is 1.27. The van der Waals surface area contributed by atoms with Crippen LogP contribution in [-0.2, 0) is 11.3 Å². The predicted octanol–water partition coefficient (Wildman–Crippen LogP) is 3.44. The van der Waals surface area contributed by atoms with E-state index in [0.717, 1.165) is 31.5 Å². The van der Waals surface area contributed by atoms with Gasteiger partial charge < -0.3 is 14.3 Å². The highest BCUT2D eigenvalue weighted by atomic mass is 19.1. The monoisotopic (exact) mass is 449 g/mol. The van der Waals surface area contributed by atoms with Crippen molar-refractivity contribution in [3.05, 3.63) is 66.3 Å². The maximum atomic E-state index is 14.1. The first-order valence-electron chi connectivity index (χ1n) is 11.6. The number of halogens is 1. The van der Waals surface area contributed by atoms with Crippen LogP contribution in [0.25, 0.3) is 11.4 Å². The number of nitrogens with zero attached hydrogens (tertiary/aromatic N) is 5. The van der Waals surface area contributed by atoms with E-state index in [0.29, 0.717) is 50.1 Å². The Kier molecular flexibility index (Phi) is 6.35. The fourth-order valence-corrected chi connectivity index (χ4v) is 4.69. The molecule has 0 saturated carbocycles. The molecular weight excluding hydrogens is 421 g/mol. The molecule has 0 spiro atoms. The van der Waals surface area contributed by atoms with Crippen LogP contribution in [0, 0.1) is 11.7 Å². The van der Waals surface area contributed by atoms with Crippen molar-refractivity contribution < 1.29 is 13.7 Å². The highest BCUT2D eigenvalue weighted by molar-refractivity contribution is 5.79. The van der Waals surface area contributed by atoms with Gasteiger partial charge in [0.2, 0.25) is 17.6 Å². The number of benzene rings is 2.